The molecule has 1 aliphatic rings. The SMILES string of the molecule is CCCCCCCC(=O)c1ccc(OC(=O)CCC=C(O)[O+]=C2C=CC(/C=C/C(=O)OC(C)(C)C)=CC2=[O+]C)c(C(=O)C(C)(C)C)c1. The minimum atomic E-state index is -0.761. The van der Waals surface area contributed by atoms with Gasteiger partial charge in [0.15, 0.2) is 11.6 Å². The molecule has 0 saturated carbocycles. The first-order valence-electron chi connectivity index (χ1n) is 16.1. The highest BCUT2D eigenvalue weighted by molar-refractivity contribution is 6.47. The quantitative estimate of drug-likeness (QED) is 0.0236. The molecule has 0 unspecified atom stereocenters. The zero-order valence-corrected chi connectivity index (χ0v) is 29.1. The molecule has 1 aromatic carbocycles. The predicted octanol–water partition coefficient (Wildman–Crippen LogP) is 7.78. The maximum Gasteiger partial charge on any atom is 0.512 e. The number of aliphatic hydroxyl groups is 1. The van der Waals surface area contributed by atoms with Crippen LogP contribution in [0.3, 0.4) is 0 Å². The number of carbonyl (C=O) groups excluding carboxylic acids is 6. The standard InChI is InChI=1S/C38H49O9/c1-9-10-11-12-13-15-29(39)27-20-22-30(28(25-27)36(43)37(2,3)4)45-33(40)16-14-17-34(41)46-31-21-18-26(24-32(31)44-8)19-23-35(42)47-38(5,6)7/h17-25H,9-16H2,1-8H3/q+1/p+1/b23-19+,34-17?. The van der Waals surface area contributed by atoms with E-state index in [2.05, 4.69) is 6.92 Å². The van der Waals surface area contributed by atoms with Crippen molar-refractivity contribution in [1.29, 1.82) is 0 Å². The van der Waals surface area contributed by atoms with Crippen molar-refractivity contribution in [3.05, 3.63) is 77.3 Å². The van der Waals surface area contributed by atoms with E-state index in [4.69, 9.17) is 18.3 Å². The van der Waals surface area contributed by atoms with Crippen LogP contribution < -0.4 is 4.74 Å². The maximum atomic E-state index is 13.2. The third kappa shape index (κ3) is 13.9. The van der Waals surface area contributed by atoms with Crippen LogP contribution in [-0.4, -0.2) is 52.9 Å². The summed E-state index contributed by atoms with van der Waals surface area (Å²) < 4.78 is 21.7. The topological polar surface area (TPSA) is 130 Å². The number of hydrogen-bond donors (Lipinski definition) is 1. The second-order valence-corrected chi connectivity index (χ2v) is 13.3. The molecular formula is C38H50O9+2. The number of ether oxygens (including phenoxy) is 2. The molecule has 0 aromatic heterocycles. The Kier molecular flexibility index (Phi) is 14.9. The lowest BCUT2D eigenvalue weighted by Crippen LogP contribution is -2.22. The zero-order chi connectivity index (χ0) is 35.2. The highest BCUT2D eigenvalue weighted by Gasteiger charge is 2.29. The van der Waals surface area contributed by atoms with Crippen LogP contribution in [0.1, 0.15) is 121 Å². The van der Waals surface area contributed by atoms with Gasteiger partial charge in [-0.25, -0.2) is 4.79 Å². The zero-order valence-electron chi connectivity index (χ0n) is 29.1. The van der Waals surface area contributed by atoms with Gasteiger partial charge in [-0.2, -0.15) is 0 Å². The van der Waals surface area contributed by atoms with Crippen molar-refractivity contribution >= 4 is 35.1 Å². The van der Waals surface area contributed by atoms with Crippen LogP contribution in [0.4, 0.5) is 0 Å². The van der Waals surface area contributed by atoms with Crippen molar-refractivity contribution in [1.82, 2.24) is 0 Å². The van der Waals surface area contributed by atoms with Gasteiger partial charge in [0, 0.05) is 36.0 Å². The minimum Gasteiger partial charge on any atom is -0.457 e. The summed E-state index contributed by atoms with van der Waals surface area (Å²) in [6, 6.07) is 4.61. The fourth-order valence-corrected chi connectivity index (χ4v) is 4.42. The highest BCUT2D eigenvalue weighted by Crippen LogP contribution is 2.30. The number of rotatable bonds is 15. The molecule has 0 bridgehead atoms. The maximum absolute atomic E-state index is 13.2. The number of ketones is 4. The van der Waals surface area contributed by atoms with Crippen LogP contribution in [0, 0.1) is 5.41 Å². The van der Waals surface area contributed by atoms with E-state index in [-0.39, 0.29) is 41.5 Å². The molecule has 0 amide bonds. The number of hydrogen-bond acceptors (Lipinski definition) is 7. The molecule has 1 aliphatic carbocycles. The van der Waals surface area contributed by atoms with Crippen molar-refractivity contribution in [2.75, 3.05) is 7.11 Å². The van der Waals surface area contributed by atoms with Gasteiger partial charge in [-0.3, -0.25) is 23.2 Å². The van der Waals surface area contributed by atoms with E-state index in [1.165, 1.54) is 31.4 Å². The molecule has 1 N–H and O–H groups in total. The van der Waals surface area contributed by atoms with E-state index in [0.717, 1.165) is 32.1 Å². The number of aliphatic hydroxyl groups excluding tert-OH is 1. The number of Topliss-reactive ketones (excluding diaryl/α,β-unsaturated/α-hetero) is 2. The Morgan fingerprint density at radius 1 is 0.915 bits per heavy atom. The first-order chi connectivity index (χ1) is 22.0. The number of allylic oxidation sites excluding steroid dienone is 6. The summed E-state index contributed by atoms with van der Waals surface area (Å²) in [7, 11) is 1.44. The molecule has 0 atom stereocenters. The van der Waals surface area contributed by atoms with Gasteiger partial charge in [0.1, 0.15) is 11.4 Å². The summed E-state index contributed by atoms with van der Waals surface area (Å²) in [5.41, 5.74) is -0.120. The Morgan fingerprint density at radius 2 is 1.62 bits per heavy atom. The summed E-state index contributed by atoms with van der Waals surface area (Å²) in [5.74, 6) is -1.23. The van der Waals surface area contributed by atoms with Crippen molar-refractivity contribution in [2.45, 2.75) is 105 Å². The van der Waals surface area contributed by atoms with Gasteiger partial charge in [-0.15, -0.1) is 0 Å². The molecule has 0 saturated heterocycles. The average Bonchev–Trinajstić information content (AvgIpc) is 2.98. The molecule has 0 spiro atoms. The molecule has 0 aliphatic heterocycles. The molecule has 47 heavy (non-hydrogen) atoms. The van der Waals surface area contributed by atoms with E-state index >= 15 is 0 Å². The molecule has 9 heteroatoms. The molecule has 0 fully saturated rings. The van der Waals surface area contributed by atoms with Crippen LogP contribution in [-0.2, 0) is 23.2 Å². The molecule has 254 valence electrons. The molecule has 2 rings (SSSR count). The molecular weight excluding hydrogens is 600 g/mol. The second kappa shape index (κ2) is 18.1. The van der Waals surface area contributed by atoms with Gasteiger partial charge in [0.05, 0.1) is 17.7 Å². The Bertz CT molecular complexity index is 1490. The van der Waals surface area contributed by atoms with E-state index in [9.17, 15) is 24.3 Å². The monoisotopic (exact) mass is 650 g/mol. The number of carbonyl (C=O) groups is 4. The van der Waals surface area contributed by atoms with Crippen LogP contribution in [0.5, 0.6) is 5.75 Å². The number of benzene rings is 1. The Balaban J connectivity index is 2.07. The summed E-state index contributed by atoms with van der Waals surface area (Å²) in [6.45, 7) is 12.8. The van der Waals surface area contributed by atoms with E-state index < -0.39 is 28.9 Å². The predicted molar refractivity (Wildman–Crippen MR) is 182 cm³/mol. The van der Waals surface area contributed by atoms with Crippen molar-refractivity contribution in [2.24, 2.45) is 5.41 Å². The normalized spacial score (nSPS) is 15.7. The van der Waals surface area contributed by atoms with Gasteiger partial charge >= 0.3 is 29.5 Å². The van der Waals surface area contributed by atoms with E-state index in [0.29, 0.717) is 23.3 Å². The van der Waals surface area contributed by atoms with Gasteiger partial charge in [0.25, 0.3) is 7.11 Å². The Morgan fingerprint density at radius 3 is 2.26 bits per heavy atom. The fourth-order valence-electron chi connectivity index (χ4n) is 4.42. The molecule has 0 radical (unpaired) electrons. The van der Waals surface area contributed by atoms with E-state index in [1.807, 2.05) is 0 Å². The largest absolute Gasteiger partial charge is 0.512 e. The summed E-state index contributed by atoms with van der Waals surface area (Å²) in [6.07, 6.45) is 14.6. The number of unbranched alkanes of at least 4 members (excludes halogenated alkanes) is 4. The van der Waals surface area contributed by atoms with Crippen molar-refractivity contribution in [3.63, 3.8) is 0 Å². The minimum absolute atomic E-state index is 0.0496. The summed E-state index contributed by atoms with van der Waals surface area (Å²) in [5, 5.41) is 10.4. The van der Waals surface area contributed by atoms with Gasteiger partial charge in [-0.1, -0.05) is 53.4 Å². The third-order valence-corrected chi connectivity index (χ3v) is 6.85. The van der Waals surface area contributed by atoms with Crippen molar-refractivity contribution in [3.8, 4) is 5.75 Å². The van der Waals surface area contributed by atoms with Crippen LogP contribution >= 0.6 is 0 Å². The third-order valence-electron chi connectivity index (χ3n) is 6.85. The Hall–Kier alpha value is -4.40. The molecule has 1 aromatic rings. The summed E-state index contributed by atoms with van der Waals surface area (Å²) in [4.78, 5) is 50.8. The molecule has 0 heterocycles. The highest BCUT2D eigenvalue weighted by atomic mass is 16.6. The van der Waals surface area contributed by atoms with Crippen LogP contribution in [0.2, 0.25) is 0 Å². The smallest absolute Gasteiger partial charge is 0.457 e. The first-order valence-corrected chi connectivity index (χ1v) is 16.1. The van der Waals surface area contributed by atoms with Crippen LogP contribution in [0.15, 0.2) is 66.2 Å². The lowest BCUT2D eigenvalue weighted by Gasteiger charge is -2.19. The number of esters is 2. The lowest BCUT2D eigenvalue weighted by molar-refractivity contribution is -0.443. The van der Waals surface area contributed by atoms with Gasteiger partial charge in [0.2, 0.25) is 0 Å². The first kappa shape index (κ1) is 38.8. The lowest BCUT2D eigenvalue weighted by atomic mass is 9.85. The van der Waals surface area contributed by atoms with Gasteiger partial charge in [-0.05, 0) is 69.5 Å². The summed E-state index contributed by atoms with van der Waals surface area (Å²) >= 11 is 0. The van der Waals surface area contributed by atoms with Crippen molar-refractivity contribution < 1.29 is 42.6 Å². The van der Waals surface area contributed by atoms with E-state index in [1.54, 1.807) is 71.9 Å². The van der Waals surface area contributed by atoms with Gasteiger partial charge < -0.3 is 14.6 Å². The fraction of sp³-hybridized carbons (Fsp3) is 0.474. The average molecular weight is 651 g/mol. The second-order valence-electron chi connectivity index (χ2n) is 13.3. The Labute approximate surface area is 278 Å². The molecule has 9 nitrogen and oxygen atoms in total. The van der Waals surface area contributed by atoms with Crippen LogP contribution in [0.25, 0.3) is 0 Å².